The van der Waals surface area contributed by atoms with Gasteiger partial charge in [0.15, 0.2) is 0 Å². The van der Waals surface area contributed by atoms with E-state index in [2.05, 4.69) is 5.43 Å². The van der Waals surface area contributed by atoms with Crippen molar-refractivity contribution in [1.82, 2.24) is 5.43 Å². The minimum atomic E-state index is 0.317. The van der Waals surface area contributed by atoms with Crippen LogP contribution in [0.2, 0.25) is 5.02 Å². The van der Waals surface area contributed by atoms with Crippen LogP contribution in [0, 0.1) is 0 Å². The number of hydrogen-bond acceptors (Lipinski definition) is 4. The van der Waals surface area contributed by atoms with Gasteiger partial charge in [-0.3, -0.25) is 11.3 Å². The molecule has 0 bridgehead atoms. The molecule has 1 fully saturated rings. The first-order valence-electron chi connectivity index (χ1n) is 7.24. The maximum atomic E-state index is 6.15. The molecule has 5 heteroatoms. The Kier molecular flexibility index (Phi) is 7.17. The molecular formula is C15H23ClN2OS. The SMILES string of the molecule is NNC(CCCC1CCCO1)CSc1ccccc1Cl. The molecule has 1 saturated heterocycles. The third kappa shape index (κ3) is 5.26. The summed E-state index contributed by atoms with van der Waals surface area (Å²) in [5.41, 5.74) is 2.91. The molecular weight excluding hydrogens is 292 g/mol. The van der Waals surface area contributed by atoms with Crippen LogP contribution in [0.4, 0.5) is 0 Å². The summed E-state index contributed by atoms with van der Waals surface area (Å²) in [5, 5.41) is 0.813. The zero-order chi connectivity index (χ0) is 14.2. The normalized spacial score (nSPS) is 20.2. The second kappa shape index (κ2) is 8.90. The summed E-state index contributed by atoms with van der Waals surface area (Å²) in [6, 6.07) is 8.25. The van der Waals surface area contributed by atoms with Gasteiger partial charge in [0.25, 0.3) is 0 Å². The molecule has 3 N–H and O–H groups in total. The van der Waals surface area contributed by atoms with Gasteiger partial charge in [0, 0.05) is 23.3 Å². The Hall–Kier alpha value is -0.260. The maximum Gasteiger partial charge on any atom is 0.0576 e. The quantitative estimate of drug-likeness (QED) is 0.437. The topological polar surface area (TPSA) is 47.3 Å². The monoisotopic (exact) mass is 314 g/mol. The zero-order valence-corrected chi connectivity index (χ0v) is 13.3. The fourth-order valence-electron chi connectivity index (χ4n) is 2.43. The van der Waals surface area contributed by atoms with Crippen LogP contribution in [-0.2, 0) is 4.74 Å². The van der Waals surface area contributed by atoms with E-state index in [1.54, 1.807) is 11.8 Å². The van der Waals surface area contributed by atoms with Crippen molar-refractivity contribution in [3.8, 4) is 0 Å². The van der Waals surface area contributed by atoms with Crippen LogP contribution in [0.5, 0.6) is 0 Å². The Balaban J connectivity index is 1.68. The first-order chi connectivity index (χ1) is 9.79. The maximum absolute atomic E-state index is 6.15. The second-order valence-electron chi connectivity index (χ2n) is 5.17. The molecule has 2 unspecified atom stereocenters. The molecule has 0 amide bonds. The van der Waals surface area contributed by atoms with E-state index in [9.17, 15) is 0 Å². The van der Waals surface area contributed by atoms with Gasteiger partial charge in [-0.1, -0.05) is 23.7 Å². The van der Waals surface area contributed by atoms with Crippen LogP contribution in [0.1, 0.15) is 32.1 Å². The molecule has 3 nitrogen and oxygen atoms in total. The number of nitrogens with two attached hydrogens (primary N) is 1. The first-order valence-corrected chi connectivity index (χ1v) is 8.61. The van der Waals surface area contributed by atoms with Crippen LogP contribution in [0.3, 0.4) is 0 Å². The minimum Gasteiger partial charge on any atom is -0.378 e. The smallest absolute Gasteiger partial charge is 0.0576 e. The number of rotatable bonds is 8. The van der Waals surface area contributed by atoms with Gasteiger partial charge in [-0.05, 0) is 44.2 Å². The van der Waals surface area contributed by atoms with E-state index in [1.807, 2.05) is 24.3 Å². The summed E-state index contributed by atoms with van der Waals surface area (Å²) in [4.78, 5) is 1.12. The summed E-state index contributed by atoms with van der Waals surface area (Å²) >= 11 is 7.91. The molecule has 0 radical (unpaired) electrons. The number of hydrogen-bond donors (Lipinski definition) is 2. The van der Waals surface area contributed by atoms with Crippen LogP contribution in [-0.4, -0.2) is 24.5 Å². The lowest BCUT2D eigenvalue weighted by molar-refractivity contribution is 0.101. The third-order valence-corrected chi connectivity index (χ3v) is 5.29. The van der Waals surface area contributed by atoms with Crippen molar-refractivity contribution in [2.75, 3.05) is 12.4 Å². The third-order valence-electron chi connectivity index (χ3n) is 3.62. The lowest BCUT2D eigenvalue weighted by Crippen LogP contribution is -2.37. The number of ether oxygens (including phenoxy) is 1. The van der Waals surface area contributed by atoms with Crippen molar-refractivity contribution in [3.05, 3.63) is 29.3 Å². The van der Waals surface area contributed by atoms with Crippen molar-refractivity contribution in [2.24, 2.45) is 5.84 Å². The van der Waals surface area contributed by atoms with Crippen molar-refractivity contribution in [2.45, 2.75) is 49.1 Å². The van der Waals surface area contributed by atoms with Gasteiger partial charge < -0.3 is 4.74 Å². The number of nitrogens with one attached hydrogen (secondary N) is 1. The van der Waals surface area contributed by atoms with E-state index in [0.29, 0.717) is 12.1 Å². The van der Waals surface area contributed by atoms with Gasteiger partial charge in [0.05, 0.1) is 11.1 Å². The van der Waals surface area contributed by atoms with Gasteiger partial charge in [-0.25, -0.2) is 0 Å². The van der Waals surface area contributed by atoms with Crippen molar-refractivity contribution in [1.29, 1.82) is 0 Å². The van der Waals surface area contributed by atoms with Crippen LogP contribution >= 0.6 is 23.4 Å². The molecule has 0 saturated carbocycles. The minimum absolute atomic E-state index is 0.317. The number of thioether (sulfide) groups is 1. The van der Waals surface area contributed by atoms with Gasteiger partial charge in [-0.15, -0.1) is 11.8 Å². The molecule has 2 rings (SSSR count). The largest absolute Gasteiger partial charge is 0.378 e. The molecule has 0 spiro atoms. The summed E-state index contributed by atoms with van der Waals surface area (Å²) < 4.78 is 5.64. The van der Waals surface area contributed by atoms with E-state index in [0.717, 1.165) is 41.5 Å². The lowest BCUT2D eigenvalue weighted by atomic mass is 10.1. The highest BCUT2D eigenvalue weighted by molar-refractivity contribution is 7.99. The second-order valence-corrected chi connectivity index (χ2v) is 6.64. The van der Waals surface area contributed by atoms with Crippen molar-refractivity contribution >= 4 is 23.4 Å². The Morgan fingerprint density at radius 3 is 3.00 bits per heavy atom. The van der Waals surface area contributed by atoms with Crippen molar-refractivity contribution < 1.29 is 4.74 Å². The molecule has 1 aliphatic heterocycles. The fourth-order valence-corrected chi connectivity index (χ4v) is 3.75. The highest BCUT2D eigenvalue weighted by Crippen LogP contribution is 2.27. The van der Waals surface area contributed by atoms with Gasteiger partial charge >= 0.3 is 0 Å². The Labute approximate surface area is 130 Å². The Bertz CT molecular complexity index is 399. The zero-order valence-electron chi connectivity index (χ0n) is 11.7. The van der Waals surface area contributed by atoms with Gasteiger partial charge in [0.1, 0.15) is 0 Å². The molecule has 1 aromatic rings. The molecule has 0 aliphatic carbocycles. The molecule has 0 aromatic heterocycles. The highest BCUT2D eigenvalue weighted by Gasteiger charge is 2.16. The number of halogens is 1. The van der Waals surface area contributed by atoms with E-state index in [1.165, 1.54) is 12.8 Å². The predicted octanol–water partition coefficient (Wildman–Crippen LogP) is 3.61. The molecule has 1 heterocycles. The Morgan fingerprint density at radius 1 is 1.45 bits per heavy atom. The van der Waals surface area contributed by atoms with Crippen LogP contribution in [0.15, 0.2) is 29.2 Å². The molecule has 112 valence electrons. The van der Waals surface area contributed by atoms with Gasteiger partial charge in [-0.2, -0.15) is 0 Å². The lowest BCUT2D eigenvalue weighted by Gasteiger charge is -2.17. The molecule has 1 aromatic carbocycles. The summed E-state index contributed by atoms with van der Waals surface area (Å²) in [6.45, 7) is 0.936. The standard InChI is InChI=1S/C15H23ClN2OS/c16-14-8-1-2-9-15(14)20-11-12(18-17)5-3-6-13-7-4-10-19-13/h1-2,8-9,12-13,18H,3-7,10-11,17H2. The van der Waals surface area contributed by atoms with Crippen LogP contribution in [0.25, 0.3) is 0 Å². The Morgan fingerprint density at radius 2 is 2.30 bits per heavy atom. The number of hydrazine groups is 1. The summed E-state index contributed by atoms with van der Waals surface area (Å²) in [7, 11) is 0. The average Bonchev–Trinajstić information content (AvgIpc) is 2.97. The van der Waals surface area contributed by atoms with Crippen LogP contribution < -0.4 is 11.3 Å². The predicted molar refractivity (Wildman–Crippen MR) is 86.1 cm³/mol. The molecule has 2 atom stereocenters. The first kappa shape index (κ1) is 16.1. The van der Waals surface area contributed by atoms with E-state index in [4.69, 9.17) is 22.2 Å². The summed E-state index contributed by atoms with van der Waals surface area (Å²) in [6.07, 6.45) is 6.29. The van der Waals surface area contributed by atoms with E-state index in [-0.39, 0.29) is 0 Å². The van der Waals surface area contributed by atoms with Gasteiger partial charge in [0.2, 0.25) is 0 Å². The highest BCUT2D eigenvalue weighted by atomic mass is 35.5. The van der Waals surface area contributed by atoms with E-state index >= 15 is 0 Å². The summed E-state index contributed by atoms with van der Waals surface area (Å²) in [5.74, 6) is 6.58. The average molecular weight is 315 g/mol. The number of benzene rings is 1. The fraction of sp³-hybridized carbons (Fsp3) is 0.600. The van der Waals surface area contributed by atoms with E-state index < -0.39 is 0 Å². The molecule has 1 aliphatic rings. The molecule has 20 heavy (non-hydrogen) atoms. The van der Waals surface area contributed by atoms with Crippen molar-refractivity contribution in [3.63, 3.8) is 0 Å².